The van der Waals surface area contributed by atoms with Crippen molar-refractivity contribution < 1.29 is 24.6 Å². The highest BCUT2D eigenvalue weighted by Gasteiger charge is 2.27. The molecule has 0 spiro atoms. The molecule has 4 N–H and O–H groups in total. The van der Waals surface area contributed by atoms with Crippen molar-refractivity contribution in [3.05, 3.63) is 0 Å². The molecule has 8 nitrogen and oxygen atoms in total. The van der Waals surface area contributed by atoms with Gasteiger partial charge in [0, 0.05) is 19.1 Å². The van der Waals surface area contributed by atoms with Crippen LogP contribution in [0.2, 0.25) is 0 Å². The first-order valence-corrected chi connectivity index (χ1v) is 6.67. The number of nitrogens with one attached hydrogen (secondary N) is 2. The maximum Gasteiger partial charge on any atom is 0.326 e. The zero-order valence-electron chi connectivity index (χ0n) is 11.5. The molecule has 1 aliphatic carbocycles. The molecule has 20 heavy (non-hydrogen) atoms. The number of carboxylic acid groups (broad SMARTS) is 2. The van der Waals surface area contributed by atoms with E-state index in [0.717, 1.165) is 6.54 Å². The molecule has 8 heteroatoms. The molecule has 0 aromatic heterocycles. The van der Waals surface area contributed by atoms with Gasteiger partial charge in [0.05, 0.1) is 6.42 Å². The Balaban J connectivity index is 2.26. The zero-order valence-corrected chi connectivity index (χ0v) is 11.5. The number of likely N-dealkylation sites (N-methyl/N-ethyl adjacent to an activating group) is 1. The van der Waals surface area contributed by atoms with E-state index in [1.54, 1.807) is 0 Å². The van der Waals surface area contributed by atoms with E-state index >= 15 is 0 Å². The number of hydrogen-bond donors (Lipinski definition) is 4. The topological polar surface area (TPSA) is 119 Å². The predicted octanol–water partition coefficient (Wildman–Crippen LogP) is -0.302. The summed E-state index contributed by atoms with van der Waals surface area (Å²) >= 11 is 0. The van der Waals surface area contributed by atoms with Gasteiger partial charge in [0.15, 0.2) is 0 Å². The van der Waals surface area contributed by atoms with Gasteiger partial charge < -0.3 is 20.8 Å². The van der Waals surface area contributed by atoms with Crippen LogP contribution in [-0.4, -0.2) is 64.8 Å². The number of aliphatic carboxylic acids is 2. The molecule has 0 aliphatic heterocycles. The van der Waals surface area contributed by atoms with E-state index < -0.39 is 30.4 Å². The lowest BCUT2D eigenvalue weighted by Gasteiger charge is -2.20. The molecule has 1 aliphatic rings. The van der Waals surface area contributed by atoms with Crippen LogP contribution < -0.4 is 10.6 Å². The van der Waals surface area contributed by atoms with Crippen molar-refractivity contribution in [1.29, 1.82) is 0 Å². The monoisotopic (exact) mass is 287 g/mol. The Morgan fingerprint density at radius 2 is 1.95 bits per heavy atom. The molecular weight excluding hydrogens is 266 g/mol. The normalized spacial score (nSPS) is 15.7. The van der Waals surface area contributed by atoms with Crippen molar-refractivity contribution in [1.82, 2.24) is 15.5 Å². The molecule has 0 aromatic carbocycles. The summed E-state index contributed by atoms with van der Waals surface area (Å²) in [7, 11) is 0. The van der Waals surface area contributed by atoms with Crippen molar-refractivity contribution in [3.63, 3.8) is 0 Å². The summed E-state index contributed by atoms with van der Waals surface area (Å²) in [4.78, 5) is 35.0. The fraction of sp³-hybridized carbons (Fsp3) is 0.750. The summed E-state index contributed by atoms with van der Waals surface area (Å²) in [6.45, 7) is 4.05. The minimum Gasteiger partial charge on any atom is -0.481 e. The number of carbonyl (C=O) groups excluding carboxylic acids is 1. The predicted molar refractivity (Wildman–Crippen MR) is 70.5 cm³/mol. The van der Waals surface area contributed by atoms with Crippen LogP contribution in [0.15, 0.2) is 0 Å². The van der Waals surface area contributed by atoms with E-state index in [1.807, 2.05) is 6.92 Å². The lowest BCUT2D eigenvalue weighted by molar-refractivity contribution is -0.145. The highest BCUT2D eigenvalue weighted by molar-refractivity contribution is 5.86. The van der Waals surface area contributed by atoms with E-state index in [9.17, 15) is 14.4 Å². The van der Waals surface area contributed by atoms with Crippen molar-refractivity contribution in [2.45, 2.75) is 38.3 Å². The van der Waals surface area contributed by atoms with Crippen molar-refractivity contribution >= 4 is 18.0 Å². The SMILES string of the molecule is CCN(CCNC(=O)N[C@H](CC(=O)O)C(=O)O)C1CC1. The molecule has 1 rings (SSSR count). The van der Waals surface area contributed by atoms with Crippen LogP contribution in [0.25, 0.3) is 0 Å². The summed E-state index contributed by atoms with van der Waals surface area (Å²) in [6, 6.07) is -1.48. The zero-order chi connectivity index (χ0) is 15.1. The smallest absolute Gasteiger partial charge is 0.326 e. The van der Waals surface area contributed by atoms with Gasteiger partial charge in [-0.1, -0.05) is 6.92 Å². The molecule has 1 atom stereocenters. The van der Waals surface area contributed by atoms with Crippen molar-refractivity contribution in [2.24, 2.45) is 0 Å². The third kappa shape index (κ3) is 5.87. The average molecular weight is 287 g/mol. The molecule has 114 valence electrons. The number of carboxylic acids is 2. The number of hydrogen-bond acceptors (Lipinski definition) is 4. The summed E-state index contributed by atoms with van der Waals surface area (Å²) in [5.74, 6) is -2.64. The maximum atomic E-state index is 11.5. The summed E-state index contributed by atoms with van der Waals surface area (Å²) < 4.78 is 0. The maximum absolute atomic E-state index is 11.5. The number of urea groups is 1. The van der Waals surface area contributed by atoms with Crippen LogP contribution in [0.5, 0.6) is 0 Å². The average Bonchev–Trinajstić information content (AvgIpc) is 3.17. The van der Waals surface area contributed by atoms with Crippen LogP contribution in [-0.2, 0) is 9.59 Å². The molecule has 0 heterocycles. The lowest BCUT2D eigenvalue weighted by Crippen LogP contribution is -2.48. The fourth-order valence-electron chi connectivity index (χ4n) is 1.94. The highest BCUT2D eigenvalue weighted by atomic mass is 16.4. The van der Waals surface area contributed by atoms with Gasteiger partial charge in [-0.3, -0.25) is 9.69 Å². The third-order valence-corrected chi connectivity index (χ3v) is 3.14. The van der Waals surface area contributed by atoms with Crippen molar-refractivity contribution in [3.8, 4) is 0 Å². The Hall–Kier alpha value is -1.83. The lowest BCUT2D eigenvalue weighted by atomic mass is 10.2. The van der Waals surface area contributed by atoms with E-state index in [4.69, 9.17) is 10.2 Å². The molecule has 0 aromatic rings. The van der Waals surface area contributed by atoms with Gasteiger partial charge in [0.2, 0.25) is 0 Å². The minimum atomic E-state index is -1.42. The Bertz CT molecular complexity index is 370. The number of carbonyl (C=O) groups is 3. The summed E-state index contributed by atoms with van der Waals surface area (Å²) in [6.07, 6.45) is 1.71. The fourth-order valence-corrected chi connectivity index (χ4v) is 1.94. The quantitative estimate of drug-likeness (QED) is 0.462. The van der Waals surface area contributed by atoms with E-state index in [2.05, 4.69) is 15.5 Å². The van der Waals surface area contributed by atoms with Crippen LogP contribution in [0.1, 0.15) is 26.2 Å². The first kappa shape index (κ1) is 16.2. The van der Waals surface area contributed by atoms with E-state index in [-0.39, 0.29) is 0 Å². The van der Waals surface area contributed by atoms with Crippen LogP contribution in [0.4, 0.5) is 4.79 Å². The van der Waals surface area contributed by atoms with E-state index in [0.29, 0.717) is 19.1 Å². The van der Waals surface area contributed by atoms with Gasteiger partial charge in [-0.05, 0) is 19.4 Å². The molecule has 0 saturated heterocycles. The molecule has 0 bridgehead atoms. The molecular formula is C12H21N3O5. The van der Waals surface area contributed by atoms with Gasteiger partial charge in [0.25, 0.3) is 0 Å². The Kier molecular flexibility index (Phi) is 6.23. The Morgan fingerprint density at radius 3 is 2.40 bits per heavy atom. The van der Waals surface area contributed by atoms with Crippen molar-refractivity contribution in [2.75, 3.05) is 19.6 Å². The second-order valence-electron chi connectivity index (χ2n) is 4.75. The van der Waals surface area contributed by atoms with Gasteiger partial charge >= 0.3 is 18.0 Å². The van der Waals surface area contributed by atoms with Crippen LogP contribution in [0, 0.1) is 0 Å². The standard InChI is InChI=1S/C12H21N3O5/c1-2-15(8-3-4-8)6-5-13-12(20)14-9(11(18)19)7-10(16)17/h8-9H,2-7H2,1H3,(H,16,17)(H,18,19)(H2,13,14,20)/t9-/m1/s1. The second kappa shape index (κ2) is 7.68. The molecule has 2 amide bonds. The van der Waals surface area contributed by atoms with Gasteiger partial charge in [-0.15, -0.1) is 0 Å². The first-order chi connectivity index (χ1) is 9.43. The summed E-state index contributed by atoms with van der Waals surface area (Å²) in [5.41, 5.74) is 0. The molecule has 0 unspecified atom stereocenters. The number of rotatable bonds is 9. The molecule has 1 saturated carbocycles. The Morgan fingerprint density at radius 1 is 1.30 bits per heavy atom. The second-order valence-corrected chi connectivity index (χ2v) is 4.75. The van der Waals surface area contributed by atoms with E-state index in [1.165, 1.54) is 12.8 Å². The largest absolute Gasteiger partial charge is 0.481 e. The Labute approximate surface area is 117 Å². The highest BCUT2D eigenvalue weighted by Crippen LogP contribution is 2.25. The number of nitrogens with zero attached hydrogens (tertiary/aromatic N) is 1. The number of amides is 2. The van der Waals surface area contributed by atoms with Gasteiger partial charge in [-0.2, -0.15) is 0 Å². The molecule has 1 fully saturated rings. The molecule has 0 radical (unpaired) electrons. The van der Waals surface area contributed by atoms with Crippen LogP contribution >= 0.6 is 0 Å². The third-order valence-electron chi connectivity index (χ3n) is 3.14. The van der Waals surface area contributed by atoms with Gasteiger partial charge in [-0.25, -0.2) is 9.59 Å². The van der Waals surface area contributed by atoms with Crippen LogP contribution in [0.3, 0.4) is 0 Å². The summed E-state index contributed by atoms with van der Waals surface area (Å²) in [5, 5.41) is 22.0. The van der Waals surface area contributed by atoms with Gasteiger partial charge in [0.1, 0.15) is 6.04 Å². The minimum absolute atomic E-state index is 0.398. The first-order valence-electron chi connectivity index (χ1n) is 6.67.